The highest BCUT2D eigenvalue weighted by atomic mass is 32.2. The second kappa shape index (κ2) is 4.34. The van der Waals surface area contributed by atoms with E-state index in [0.29, 0.717) is 11.3 Å². The van der Waals surface area contributed by atoms with Gasteiger partial charge in [-0.2, -0.15) is 11.8 Å². The van der Waals surface area contributed by atoms with Crippen LogP contribution in [0.15, 0.2) is 0 Å². The van der Waals surface area contributed by atoms with Crippen LogP contribution in [0, 0.1) is 0 Å². The molecule has 2 aliphatic rings. The Hall–Kier alpha value is -0.220. The molecule has 2 unspecified atom stereocenters. The van der Waals surface area contributed by atoms with Crippen LogP contribution >= 0.6 is 11.8 Å². The molecular formula is C11H20N2OS. The van der Waals surface area contributed by atoms with Crippen molar-refractivity contribution in [3.05, 3.63) is 0 Å². The molecule has 0 aromatic carbocycles. The first kappa shape index (κ1) is 11.3. The molecule has 3 N–H and O–H groups in total. The van der Waals surface area contributed by atoms with Gasteiger partial charge in [0.2, 0.25) is 5.91 Å². The lowest BCUT2D eigenvalue weighted by molar-refractivity contribution is -0.123. The summed E-state index contributed by atoms with van der Waals surface area (Å²) in [6.45, 7) is 2.17. The summed E-state index contributed by atoms with van der Waals surface area (Å²) in [6, 6.07) is 0.364. The number of thioether (sulfide) groups is 1. The van der Waals surface area contributed by atoms with E-state index in [2.05, 4.69) is 12.2 Å². The fourth-order valence-electron chi connectivity index (χ4n) is 2.18. The van der Waals surface area contributed by atoms with Crippen LogP contribution in [0.2, 0.25) is 0 Å². The van der Waals surface area contributed by atoms with Gasteiger partial charge < -0.3 is 11.1 Å². The Morgan fingerprint density at radius 2 is 2.27 bits per heavy atom. The molecule has 2 saturated carbocycles. The van der Waals surface area contributed by atoms with Gasteiger partial charge in [-0.05, 0) is 31.4 Å². The van der Waals surface area contributed by atoms with Crippen molar-refractivity contribution in [2.45, 2.75) is 55.9 Å². The van der Waals surface area contributed by atoms with E-state index >= 15 is 0 Å². The lowest BCUT2D eigenvalue weighted by atomic mass is 10.2. The average Bonchev–Trinajstić information content (AvgIpc) is 2.81. The van der Waals surface area contributed by atoms with Crippen molar-refractivity contribution in [3.8, 4) is 0 Å². The Labute approximate surface area is 95.6 Å². The van der Waals surface area contributed by atoms with E-state index in [-0.39, 0.29) is 5.91 Å². The molecule has 86 valence electrons. The van der Waals surface area contributed by atoms with E-state index in [4.69, 9.17) is 5.73 Å². The van der Waals surface area contributed by atoms with Gasteiger partial charge in [0, 0.05) is 11.3 Å². The second-order valence-electron chi connectivity index (χ2n) is 4.66. The minimum Gasteiger partial charge on any atom is -0.351 e. The summed E-state index contributed by atoms with van der Waals surface area (Å²) in [5.74, 6) is 1.21. The number of carbonyl (C=O) groups is 1. The molecule has 0 radical (unpaired) electrons. The first-order valence-electron chi connectivity index (χ1n) is 5.87. The molecule has 2 aliphatic carbocycles. The molecule has 3 nitrogen and oxygen atoms in total. The normalized spacial score (nSPS) is 32.7. The summed E-state index contributed by atoms with van der Waals surface area (Å²) in [7, 11) is 0. The largest absolute Gasteiger partial charge is 0.351 e. The maximum Gasteiger partial charge on any atom is 0.240 e. The number of amides is 1. The Kier molecular flexibility index (Phi) is 3.26. The van der Waals surface area contributed by atoms with E-state index in [1.54, 1.807) is 0 Å². The predicted molar refractivity (Wildman–Crippen MR) is 63.9 cm³/mol. The van der Waals surface area contributed by atoms with Crippen molar-refractivity contribution >= 4 is 17.7 Å². The molecule has 15 heavy (non-hydrogen) atoms. The highest BCUT2D eigenvalue weighted by molar-refractivity contribution is 7.99. The number of nitrogens with one attached hydrogen (secondary N) is 1. The van der Waals surface area contributed by atoms with Crippen LogP contribution < -0.4 is 11.1 Å². The molecular weight excluding hydrogens is 208 g/mol. The maximum absolute atomic E-state index is 11.8. The Balaban J connectivity index is 1.85. The average molecular weight is 228 g/mol. The van der Waals surface area contributed by atoms with Gasteiger partial charge in [-0.3, -0.25) is 4.79 Å². The molecule has 2 fully saturated rings. The van der Waals surface area contributed by atoms with Gasteiger partial charge in [0.1, 0.15) is 0 Å². The monoisotopic (exact) mass is 228 g/mol. The fourth-order valence-corrected chi connectivity index (χ4v) is 3.38. The van der Waals surface area contributed by atoms with Crippen molar-refractivity contribution < 1.29 is 4.79 Å². The molecule has 4 heteroatoms. The van der Waals surface area contributed by atoms with Gasteiger partial charge in [0.15, 0.2) is 0 Å². The number of rotatable bonds is 4. The summed E-state index contributed by atoms with van der Waals surface area (Å²) < 4.78 is 0. The van der Waals surface area contributed by atoms with Crippen LogP contribution in [0.3, 0.4) is 0 Å². The molecule has 0 aliphatic heterocycles. The van der Waals surface area contributed by atoms with E-state index in [1.165, 1.54) is 12.8 Å². The van der Waals surface area contributed by atoms with E-state index in [9.17, 15) is 4.79 Å². The zero-order valence-electron chi connectivity index (χ0n) is 9.29. The standard InChI is InChI=1S/C11H20N2OS/c1-2-15-9-5-3-4-8(9)13-10(14)11(12)6-7-11/h8-9H,2-7,12H2,1H3,(H,13,14). The van der Waals surface area contributed by atoms with Crippen LogP contribution in [-0.4, -0.2) is 28.5 Å². The SMILES string of the molecule is CCSC1CCCC1NC(=O)C1(N)CC1. The molecule has 0 heterocycles. The topological polar surface area (TPSA) is 55.1 Å². The third-order valence-corrected chi connectivity index (χ3v) is 4.72. The lowest BCUT2D eigenvalue weighted by Crippen LogP contribution is -2.48. The van der Waals surface area contributed by atoms with E-state index < -0.39 is 5.54 Å². The highest BCUT2D eigenvalue weighted by Gasteiger charge is 2.47. The second-order valence-corrected chi connectivity index (χ2v) is 6.18. The van der Waals surface area contributed by atoms with Crippen molar-refractivity contribution in [2.75, 3.05) is 5.75 Å². The number of hydrogen-bond donors (Lipinski definition) is 2. The number of carbonyl (C=O) groups excluding carboxylic acids is 1. The first-order valence-corrected chi connectivity index (χ1v) is 6.92. The summed E-state index contributed by atoms with van der Waals surface area (Å²) in [5, 5.41) is 3.74. The smallest absolute Gasteiger partial charge is 0.240 e. The quantitative estimate of drug-likeness (QED) is 0.762. The lowest BCUT2D eigenvalue weighted by Gasteiger charge is -2.21. The Bertz CT molecular complexity index is 253. The van der Waals surface area contributed by atoms with Crippen molar-refractivity contribution in [2.24, 2.45) is 5.73 Å². The molecule has 0 spiro atoms. The van der Waals surface area contributed by atoms with Gasteiger partial charge >= 0.3 is 0 Å². The third kappa shape index (κ3) is 2.48. The van der Waals surface area contributed by atoms with Crippen LogP contribution in [0.5, 0.6) is 0 Å². The summed E-state index contributed by atoms with van der Waals surface area (Å²) >= 11 is 1.96. The summed E-state index contributed by atoms with van der Waals surface area (Å²) in [5.41, 5.74) is 5.36. The van der Waals surface area contributed by atoms with Gasteiger partial charge in [-0.15, -0.1) is 0 Å². The molecule has 0 bridgehead atoms. The van der Waals surface area contributed by atoms with Crippen LogP contribution in [-0.2, 0) is 4.79 Å². The molecule has 2 atom stereocenters. The fraction of sp³-hybridized carbons (Fsp3) is 0.909. The van der Waals surface area contributed by atoms with Crippen LogP contribution in [0.4, 0.5) is 0 Å². The molecule has 0 aromatic rings. The minimum atomic E-state index is -0.510. The van der Waals surface area contributed by atoms with Gasteiger partial charge in [0.25, 0.3) is 0 Å². The van der Waals surface area contributed by atoms with E-state index in [0.717, 1.165) is 25.0 Å². The van der Waals surface area contributed by atoms with Gasteiger partial charge in [-0.25, -0.2) is 0 Å². The third-order valence-electron chi connectivity index (χ3n) is 3.39. The van der Waals surface area contributed by atoms with Gasteiger partial charge in [0.05, 0.1) is 5.54 Å². The van der Waals surface area contributed by atoms with Crippen molar-refractivity contribution in [1.82, 2.24) is 5.32 Å². The van der Waals surface area contributed by atoms with Gasteiger partial charge in [-0.1, -0.05) is 13.3 Å². The van der Waals surface area contributed by atoms with Crippen molar-refractivity contribution in [1.29, 1.82) is 0 Å². The zero-order valence-corrected chi connectivity index (χ0v) is 10.1. The Morgan fingerprint density at radius 1 is 1.53 bits per heavy atom. The zero-order chi connectivity index (χ0) is 10.9. The Morgan fingerprint density at radius 3 is 2.87 bits per heavy atom. The summed E-state index contributed by atoms with van der Waals surface area (Å²) in [6.07, 6.45) is 5.31. The molecule has 2 rings (SSSR count). The number of hydrogen-bond acceptors (Lipinski definition) is 3. The van der Waals surface area contributed by atoms with Crippen LogP contribution in [0.1, 0.15) is 39.0 Å². The van der Waals surface area contributed by atoms with E-state index in [1.807, 2.05) is 11.8 Å². The number of nitrogens with two attached hydrogens (primary N) is 1. The first-order chi connectivity index (χ1) is 7.15. The minimum absolute atomic E-state index is 0.0797. The maximum atomic E-state index is 11.8. The molecule has 0 saturated heterocycles. The predicted octanol–water partition coefficient (Wildman–Crippen LogP) is 1.27. The van der Waals surface area contributed by atoms with Crippen molar-refractivity contribution in [3.63, 3.8) is 0 Å². The highest BCUT2D eigenvalue weighted by Crippen LogP contribution is 2.34. The summed E-state index contributed by atoms with van der Waals surface area (Å²) in [4.78, 5) is 11.8. The molecule has 1 amide bonds. The molecule has 0 aromatic heterocycles. The van der Waals surface area contributed by atoms with Crippen LogP contribution in [0.25, 0.3) is 0 Å².